The number of aromatic nitrogens is 2. The number of hydrogen-bond donors (Lipinski definition) is 2. The molecular formula is C14H26N4O. The van der Waals surface area contributed by atoms with Crippen LogP contribution in [0.2, 0.25) is 0 Å². The molecule has 1 aromatic rings. The first-order valence-corrected chi connectivity index (χ1v) is 7.30. The Balaban J connectivity index is 2.32. The lowest BCUT2D eigenvalue weighted by Gasteiger charge is -2.39. The number of methoxy groups -OCH3 is 1. The summed E-state index contributed by atoms with van der Waals surface area (Å²) < 4.78 is 7.95. The molecule has 1 saturated carbocycles. The van der Waals surface area contributed by atoms with Crippen molar-refractivity contribution in [2.45, 2.75) is 63.6 Å². The smallest absolute Gasteiger partial charge is 0.0918 e. The summed E-state index contributed by atoms with van der Waals surface area (Å²) in [6, 6.07) is 2.04. The van der Waals surface area contributed by atoms with E-state index in [4.69, 9.17) is 10.6 Å². The molecule has 1 atom stereocenters. The highest BCUT2D eigenvalue weighted by Crippen LogP contribution is 2.39. The minimum Gasteiger partial charge on any atom is -0.376 e. The topological polar surface area (TPSA) is 65.1 Å². The minimum absolute atomic E-state index is 0.00181. The molecule has 0 bridgehead atoms. The van der Waals surface area contributed by atoms with Gasteiger partial charge in [0.15, 0.2) is 0 Å². The van der Waals surface area contributed by atoms with E-state index in [1.54, 1.807) is 0 Å². The second-order valence-corrected chi connectivity index (χ2v) is 5.35. The van der Waals surface area contributed by atoms with E-state index in [1.807, 2.05) is 24.1 Å². The highest BCUT2D eigenvalue weighted by Gasteiger charge is 2.41. The number of hydrazine groups is 1. The first-order valence-electron chi connectivity index (χ1n) is 7.30. The van der Waals surface area contributed by atoms with Gasteiger partial charge in [0.25, 0.3) is 0 Å². The summed E-state index contributed by atoms with van der Waals surface area (Å²) in [5.41, 5.74) is 3.89. The Labute approximate surface area is 115 Å². The van der Waals surface area contributed by atoms with Crippen LogP contribution in [0, 0.1) is 0 Å². The fraction of sp³-hybridized carbons (Fsp3) is 0.786. The molecule has 1 aromatic heterocycles. The standard InChI is InChI=1S/C14H26N4O/c1-3-18-12(8-11-16-18)13(17-15)14(19-2)9-6-4-5-7-10-14/h8,11,13,17H,3-7,9-10,15H2,1-2H3. The lowest BCUT2D eigenvalue weighted by atomic mass is 9.84. The van der Waals surface area contributed by atoms with Crippen molar-refractivity contribution < 1.29 is 4.74 Å². The van der Waals surface area contributed by atoms with Crippen LogP contribution in [-0.2, 0) is 11.3 Å². The van der Waals surface area contributed by atoms with E-state index in [1.165, 1.54) is 25.7 Å². The van der Waals surface area contributed by atoms with E-state index in [2.05, 4.69) is 17.4 Å². The molecule has 1 unspecified atom stereocenters. The van der Waals surface area contributed by atoms with Crippen LogP contribution >= 0.6 is 0 Å². The third-order valence-electron chi connectivity index (χ3n) is 4.39. The Hall–Kier alpha value is -0.910. The molecule has 0 aromatic carbocycles. The Kier molecular flexibility index (Phi) is 4.96. The van der Waals surface area contributed by atoms with Crippen molar-refractivity contribution in [2.24, 2.45) is 5.84 Å². The highest BCUT2D eigenvalue weighted by molar-refractivity contribution is 5.13. The fourth-order valence-electron chi connectivity index (χ4n) is 3.30. The van der Waals surface area contributed by atoms with Crippen molar-refractivity contribution in [1.29, 1.82) is 0 Å². The molecule has 3 N–H and O–H groups in total. The van der Waals surface area contributed by atoms with Gasteiger partial charge < -0.3 is 4.74 Å². The van der Waals surface area contributed by atoms with Gasteiger partial charge in [-0.25, -0.2) is 5.43 Å². The summed E-state index contributed by atoms with van der Waals surface area (Å²) in [6.45, 7) is 2.94. The molecule has 0 amide bonds. The molecular weight excluding hydrogens is 240 g/mol. The van der Waals surface area contributed by atoms with Gasteiger partial charge in [0.2, 0.25) is 0 Å². The second-order valence-electron chi connectivity index (χ2n) is 5.35. The van der Waals surface area contributed by atoms with Gasteiger partial charge in [0, 0.05) is 19.9 Å². The Morgan fingerprint density at radius 1 is 1.42 bits per heavy atom. The number of nitrogens with two attached hydrogens (primary N) is 1. The van der Waals surface area contributed by atoms with E-state index in [-0.39, 0.29) is 11.6 Å². The Bertz CT molecular complexity index is 383. The number of aryl methyl sites for hydroxylation is 1. The van der Waals surface area contributed by atoms with Crippen LogP contribution in [0.4, 0.5) is 0 Å². The summed E-state index contributed by atoms with van der Waals surface area (Å²) in [4.78, 5) is 0. The van der Waals surface area contributed by atoms with Crippen LogP contribution in [0.3, 0.4) is 0 Å². The fourth-order valence-corrected chi connectivity index (χ4v) is 3.30. The van der Waals surface area contributed by atoms with Gasteiger partial charge in [-0.1, -0.05) is 25.7 Å². The molecule has 0 radical (unpaired) electrons. The molecule has 0 saturated heterocycles. The van der Waals surface area contributed by atoms with Gasteiger partial charge in [-0.05, 0) is 25.8 Å². The summed E-state index contributed by atoms with van der Waals surface area (Å²) in [5, 5.41) is 4.35. The second kappa shape index (κ2) is 6.50. The van der Waals surface area contributed by atoms with E-state index >= 15 is 0 Å². The largest absolute Gasteiger partial charge is 0.376 e. The maximum absolute atomic E-state index is 5.95. The van der Waals surface area contributed by atoms with Crippen molar-refractivity contribution in [3.05, 3.63) is 18.0 Å². The Morgan fingerprint density at radius 3 is 2.63 bits per heavy atom. The van der Waals surface area contributed by atoms with Crippen LogP contribution in [0.1, 0.15) is 57.2 Å². The van der Waals surface area contributed by atoms with Gasteiger partial charge in [-0.15, -0.1) is 0 Å². The summed E-state index contributed by atoms with van der Waals surface area (Å²) in [7, 11) is 1.81. The summed E-state index contributed by atoms with van der Waals surface area (Å²) in [5.74, 6) is 5.86. The monoisotopic (exact) mass is 266 g/mol. The van der Waals surface area contributed by atoms with Gasteiger partial charge in [-0.3, -0.25) is 10.5 Å². The first-order chi connectivity index (χ1) is 9.27. The third-order valence-corrected chi connectivity index (χ3v) is 4.39. The molecule has 108 valence electrons. The third kappa shape index (κ3) is 2.83. The maximum atomic E-state index is 5.95. The van der Waals surface area contributed by atoms with E-state index < -0.39 is 0 Å². The molecule has 5 nitrogen and oxygen atoms in total. The van der Waals surface area contributed by atoms with Crippen LogP contribution in [-0.4, -0.2) is 22.5 Å². The summed E-state index contributed by atoms with van der Waals surface area (Å²) in [6.07, 6.45) is 8.91. The van der Waals surface area contributed by atoms with Crippen molar-refractivity contribution in [3.8, 4) is 0 Å². The van der Waals surface area contributed by atoms with Crippen LogP contribution in [0.15, 0.2) is 12.3 Å². The molecule has 1 aliphatic carbocycles. The lowest BCUT2D eigenvalue weighted by Crippen LogP contribution is -2.48. The molecule has 1 fully saturated rings. The van der Waals surface area contributed by atoms with Gasteiger partial charge in [0.05, 0.1) is 17.3 Å². The van der Waals surface area contributed by atoms with Gasteiger partial charge >= 0.3 is 0 Å². The van der Waals surface area contributed by atoms with Gasteiger partial charge in [-0.2, -0.15) is 5.10 Å². The van der Waals surface area contributed by atoms with Crippen LogP contribution in [0.5, 0.6) is 0 Å². The zero-order valence-electron chi connectivity index (χ0n) is 12.1. The molecule has 19 heavy (non-hydrogen) atoms. The predicted octanol–water partition coefficient (Wildman–Crippen LogP) is 2.15. The van der Waals surface area contributed by atoms with Crippen molar-refractivity contribution >= 4 is 0 Å². The van der Waals surface area contributed by atoms with Crippen LogP contribution in [0.25, 0.3) is 0 Å². The molecule has 5 heteroatoms. The average Bonchev–Trinajstić information content (AvgIpc) is 2.77. The van der Waals surface area contributed by atoms with Gasteiger partial charge in [0.1, 0.15) is 0 Å². The lowest BCUT2D eigenvalue weighted by molar-refractivity contribution is -0.0561. The molecule has 1 heterocycles. The van der Waals surface area contributed by atoms with E-state index in [0.717, 1.165) is 25.1 Å². The van der Waals surface area contributed by atoms with Crippen molar-refractivity contribution in [1.82, 2.24) is 15.2 Å². The molecule has 1 aliphatic rings. The molecule has 0 spiro atoms. The molecule has 0 aliphatic heterocycles. The van der Waals surface area contributed by atoms with E-state index in [9.17, 15) is 0 Å². The SMILES string of the molecule is CCn1nccc1C(NN)C1(OC)CCCCCC1. The number of nitrogens with zero attached hydrogens (tertiary/aromatic N) is 2. The number of rotatable bonds is 5. The first kappa shape index (κ1) is 14.5. The van der Waals surface area contributed by atoms with Crippen LogP contribution < -0.4 is 11.3 Å². The minimum atomic E-state index is -0.210. The number of hydrogen-bond acceptors (Lipinski definition) is 4. The van der Waals surface area contributed by atoms with Crippen molar-refractivity contribution in [2.75, 3.05) is 7.11 Å². The average molecular weight is 266 g/mol. The highest BCUT2D eigenvalue weighted by atomic mass is 16.5. The molecule has 2 rings (SSSR count). The predicted molar refractivity (Wildman–Crippen MR) is 75.4 cm³/mol. The number of nitrogens with one attached hydrogen (secondary N) is 1. The normalized spacial score (nSPS) is 21.0. The Morgan fingerprint density at radius 2 is 2.11 bits per heavy atom. The maximum Gasteiger partial charge on any atom is 0.0918 e. The zero-order chi connectivity index (χ0) is 13.7. The quantitative estimate of drug-likeness (QED) is 0.487. The number of ether oxygens (including phenoxy) is 1. The zero-order valence-corrected chi connectivity index (χ0v) is 12.1. The van der Waals surface area contributed by atoms with E-state index in [0.29, 0.717) is 0 Å². The van der Waals surface area contributed by atoms with Crippen molar-refractivity contribution in [3.63, 3.8) is 0 Å². The summed E-state index contributed by atoms with van der Waals surface area (Å²) >= 11 is 0.